The first-order valence-corrected chi connectivity index (χ1v) is 12.0. The molecule has 1 atom stereocenters. The normalized spacial score (nSPS) is 21.5. The largest absolute Gasteiger partial charge is 0.491 e. The van der Waals surface area contributed by atoms with Crippen LogP contribution in [0.15, 0.2) is 23.1 Å². The molecule has 2 aliphatic rings. The van der Waals surface area contributed by atoms with Crippen molar-refractivity contribution in [3.8, 4) is 11.5 Å². The summed E-state index contributed by atoms with van der Waals surface area (Å²) in [5.74, 6) is 0.803. The first-order chi connectivity index (χ1) is 14.5. The van der Waals surface area contributed by atoms with Crippen molar-refractivity contribution in [1.29, 1.82) is 0 Å². The molecule has 1 aromatic carbocycles. The van der Waals surface area contributed by atoms with Crippen molar-refractivity contribution in [3.05, 3.63) is 18.2 Å². The highest BCUT2D eigenvalue weighted by atomic mass is 32.2. The number of amides is 1. The Morgan fingerprint density at radius 2 is 1.94 bits per heavy atom. The zero-order chi connectivity index (χ0) is 22.6. The molecule has 0 spiro atoms. The van der Waals surface area contributed by atoms with E-state index in [2.05, 4.69) is 4.72 Å². The molecular weight excluding hydrogens is 424 g/mol. The van der Waals surface area contributed by atoms with Crippen molar-refractivity contribution >= 4 is 16.1 Å². The van der Waals surface area contributed by atoms with Gasteiger partial charge in [-0.3, -0.25) is 0 Å². The van der Waals surface area contributed by atoms with Crippen molar-refractivity contribution < 1.29 is 32.2 Å². The molecule has 1 aromatic rings. The summed E-state index contributed by atoms with van der Waals surface area (Å²) < 4.78 is 49.7. The van der Waals surface area contributed by atoms with Gasteiger partial charge in [0.1, 0.15) is 34.7 Å². The lowest BCUT2D eigenvalue weighted by Gasteiger charge is -2.33. The number of fused-ring (bicyclic) bond motifs is 1. The Hall–Kier alpha value is -2.04. The van der Waals surface area contributed by atoms with Crippen LogP contribution in [-0.4, -0.2) is 70.1 Å². The van der Waals surface area contributed by atoms with Crippen LogP contribution >= 0.6 is 0 Å². The standard InChI is InChI=1S/C21H32N2O7S/c1-15-14-22-31(25,26)19-6-5-17(13-18(19)29-15)28-12-11-27-16-7-9-23(10-8-16)20(24)30-21(2,3)4/h5-6,13,15-16,22H,7-12,14H2,1-4H3/t15-/m1/s1. The van der Waals surface area contributed by atoms with Crippen molar-refractivity contribution in [2.24, 2.45) is 0 Å². The third kappa shape index (κ3) is 6.72. The molecule has 3 rings (SSSR count). The minimum atomic E-state index is -3.58. The third-order valence-corrected chi connectivity index (χ3v) is 6.36. The van der Waals surface area contributed by atoms with Gasteiger partial charge in [0.25, 0.3) is 0 Å². The molecule has 0 unspecified atom stereocenters. The molecule has 1 N–H and O–H groups in total. The van der Waals surface area contributed by atoms with E-state index in [-0.39, 0.29) is 35.5 Å². The molecule has 2 heterocycles. The molecule has 0 radical (unpaired) electrons. The number of carbonyl (C=O) groups excluding carboxylic acids is 1. The van der Waals surface area contributed by atoms with Gasteiger partial charge in [-0.2, -0.15) is 0 Å². The lowest BCUT2D eigenvalue weighted by Crippen LogP contribution is -2.43. The van der Waals surface area contributed by atoms with E-state index in [1.54, 1.807) is 24.0 Å². The van der Waals surface area contributed by atoms with Crippen LogP contribution in [0.3, 0.4) is 0 Å². The highest BCUT2D eigenvalue weighted by Gasteiger charge is 2.28. The SMILES string of the molecule is C[C@@H]1CNS(=O)(=O)c2ccc(OCCOC3CCN(C(=O)OC(C)(C)C)CC3)cc2O1. The molecule has 1 amide bonds. The van der Waals surface area contributed by atoms with Crippen LogP contribution in [0.5, 0.6) is 11.5 Å². The average Bonchev–Trinajstić information content (AvgIpc) is 2.80. The van der Waals surface area contributed by atoms with Crippen LogP contribution < -0.4 is 14.2 Å². The Bertz CT molecular complexity index is 874. The number of nitrogens with zero attached hydrogens (tertiary/aromatic N) is 1. The van der Waals surface area contributed by atoms with Gasteiger partial charge >= 0.3 is 6.09 Å². The lowest BCUT2D eigenvalue weighted by molar-refractivity contribution is -0.0177. The van der Waals surface area contributed by atoms with Gasteiger partial charge in [0.2, 0.25) is 10.0 Å². The third-order valence-electron chi connectivity index (χ3n) is 4.89. The van der Waals surface area contributed by atoms with Crippen LogP contribution in [0.25, 0.3) is 0 Å². The molecule has 0 aliphatic carbocycles. The van der Waals surface area contributed by atoms with E-state index in [1.165, 1.54) is 6.07 Å². The predicted molar refractivity (Wildman–Crippen MR) is 114 cm³/mol. The quantitative estimate of drug-likeness (QED) is 0.679. The molecule has 31 heavy (non-hydrogen) atoms. The van der Waals surface area contributed by atoms with Gasteiger partial charge in [-0.15, -0.1) is 0 Å². The number of ether oxygens (including phenoxy) is 4. The second-order valence-corrected chi connectivity index (χ2v) is 10.5. The number of nitrogens with one attached hydrogen (secondary N) is 1. The van der Waals surface area contributed by atoms with E-state index in [1.807, 2.05) is 20.8 Å². The average molecular weight is 457 g/mol. The van der Waals surface area contributed by atoms with Crippen LogP contribution in [0.1, 0.15) is 40.5 Å². The highest BCUT2D eigenvalue weighted by molar-refractivity contribution is 7.89. The van der Waals surface area contributed by atoms with Gasteiger partial charge in [-0.05, 0) is 52.7 Å². The van der Waals surface area contributed by atoms with E-state index in [0.29, 0.717) is 32.1 Å². The number of hydrogen-bond donors (Lipinski definition) is 1. The summed E-state index contributed by atoms with van der Waals surface area (Å²) in [6.45, 7) is 9.50. The molecule has 174 valence electrons. The minimum Gasteiger partial charge on any atom is -0.491 e. The van der Waals surface area contributed by atoms with Crippen molar-refractivity contribution in [3.63, 3.8) is 0 Å². The summed E-state index contributed by atoms with van der Waals surface area (Å²) in [5.41, 5.74) is -0.499. The Morgan fingerprint density at radius 1 is 1.23 bits per heavy atom. The number of rotatable bonds is 5. The Morgan fingerprint density at radius 3 is 2.61 bits per heavy atom. The van der Waals surface area contributed by atoms with Gasteiger partial charge in [0.05, 0.1) is 12.7 Å². The minimum absolute atomic E-state index is 0.0646. The number of likely N-dealkylation sites (tertiary alicyclic amines) is 1. The zero-order valence-corrected chi connectivity index (χ0v) is 19.4. The van der Waals surface area contributed by atoms with Gasteiger partial charge in [-0.25, -0.2) is 17.9 Å². The van der Waals surface area contributed by atoms with Crippen LogP contribution in [0.4, 0.5) is 4.79 Å². The summed E-state index contributed by atoms with van der Waals surface area (Å²) >= 11 is 0. The molecule has 2 aliphatic heterocycles. The van der Waals surface area contributed by atoms with Crippen LogP contribution in [0.2, 0.25) is 0 Å². The summed E-state index contributed by atoms with van der Waals surface area (Å²) in [6.07, 6.45) is 0.991. The number of piperidine rings is 1. The maximum absolute atomic E-state index is 12.2. The Kier molecular flexibility index (Phi) is 7.33. The molecule has 10 heteroatoms. The Balaban J connectivity index is 1.42. The number of benzene rings is 1. The van der Waals surface area contributed by atoms with Gasteiger partial charge in [-0.1, -0.05) is 0 Å². The molecular formula is C21H32N2O7S. The smallest absolute Gasteiger partial charge is 0.410 e. The second-order valence-electron chi connectivity index (χ2n) is 8.77. The fraction of sp³-hybridized carbons (Fsp3) is 0.667. The van der Waals surface area contributed by atoms with E-state index < -0.39 is 15.6 Å². The summed E-state index contributed by atoms with van der Waals surface area (Å²) in [5, 5.41) is 0. The van der Waals surface area contributed by atoms with Crippen molar-refractivity contribution in [2.75, 3.05) is 32.8 Å². The number of sulfonamides is 1. The number of carbonyl (C=O) groups is 1. The molecule has 0 bridgehead atoms. The molecule has 0 aromatic heterocycles. The van der Waals surface area contributed by atoms with Crippen LogP contribution in [0, 0.1) is 0 Å². The van der Waals surface area contributed by atoms with Crippen molar-refractivity contribution in [1.82, 2.24) is 9.62 Å². The first kappa shape index (κ1) is 23.6. The molecule has 1 fully saturated rings. The monoisotopic (exact) mass is 456 g/mol. The van der Waals surface area contributed by atoms with Gasteiger partial charge in [0, 0.05) is 25.7 Å². The Labute approximate surface area is 184 Å². The van der Waals surface area contributed by atoms with E-state index in [0.717, 1.165) is 12.8 Å². The fourth-order valence-electron chi connectivity index (χ4n) is 3.36. The summed E-state index contributed by atoms with van der Waals surface area (Å²) in [6, 6.07) is 4.69. The first-order valence-electron chi connectivity index (χ1n) is 10.6. The topological polar surface area (TPSA) is 103 Å². The maximum Gasteiger partial charge on any atom is 0.410 e. The predicted octanol–water partition coefficient (Wildman–Crippen LogP) is 2.54. The summed E-state index contributed by atoms with van der Waals surface area (Å²) in [4.78, 5) is 13.9. The highest BCUT2D eigenvalue weighted by Crippen LogP contribution is 2.31. The van der Waals surface area contributed by atoms with Gasteiger partial charge in [0.15, 0.2) is 0 Å². The number of hydrogen-bond acceptors (Lipinski definition) is 7. The summed E-state index contributed by atoms with van der Waals surface area (Å²) in [7, 11) is -3.58. The second kappa shape index (κ2) is 9.62. The van der Waals surface area contributed by atoms with Crippen LogP contribution in [-0.2, 0) is 19.5 Å². The zero-order valence-electron chi connectivity index (χ0n) is 18.5. The molecule has 0 saturated carbocycles. The maximum atomic E-state index is 12.2. The fourth-order valence-corrected chi connectivity index (χ4v) is 4.59. The van der Waals surface area contributed by atoms with E-state index in [4.69, 9.17) is 18.9 Å². The lowest BCUT2D eigenvalue weighted by atomic mass is 10.1. The van der Waals surface area contributed by atoms with Crippen molar-refractivity contribution in [2.45, 2.75) is 63.2 Å². The molecule has 9 nitrogen and oxygen atoms in total. The molecule has 1 saturated heterocycles. The van der Waals surface area contributed by atoms with E-state index in [9.17, 15) is 13.2 Å². The van der Waals surface area contributed by atoms with Gasteiger partial charge < -0.3 is 23.8 Å². The van der Waals surface area contributed by atoms with E-state index >= 15 is 0 Å².